The Bertz CT molecular complexity index is 433. The summed E-state index contributed by atoms with van der Waals surface area (Å²) in [4.78, 5) is 4.05. The molecule has 0 N–H and O–H groups in total. The molecule has 1 heterocycles. The zero-order chi connectivity index (χ0) is 13.4. The highest BCUT2D eigenvalue weighted by molar-refractivity contribution is 7.48. The van der Waals surface area contributed by atoms with E-state index in [0.29, 0.717) is 5.69 Å². The molecule has 1 unspecified atom stereocenters. The topological polar surface area (TPSA) is 57.7 Å². The Labute approximate surface area is 107 Å². The molecule has 18 heavy (non-hydrogen) atoms. The number of rotatable bonds is 7. The fourth-order valence-corrected chi connectivity index (χ4v) is 2.50. The van der Waals surface area contributed by atoms with Gasteiger partial charge in [0.25, 0.3) is 0 Å². The van der Waals surface area contributed by atoms with Gasteiger partial charge in [-0.05, 0) is 26.0 Å². The summed E-state index contributed by atoms with van der Waals surface area (Å²) in [6.07, 6.45) is 6.07. The summed E-state index contributed by atoms with van der Waals surface area (Å²) in [5.74, 6) is 2.37. The Kier molecular flexibility index (Phi) is 6.03. The van der Waals surface area contributed by atoms with Gasteiger partial charge in [0.1, 0.15) is 0 Å². The highest BCUT2D eigenvalue weighted by atomic mass is 31.2. The second kappa shape index (κ2) is 7.30. The first kappa shape index (κ1) is 14.9. The van der Waals surface area contributed by atoms with Gasteiger partial charge in [-0.2, -0.15) is 0 Å². The summed E-state index contributed by atoms with van der Waals surface area (Å²) in [7, 11) is -3.64. The Morgan fingerprint density at radius 2 is 2.06 bits per heavy atom. The SMILES string of the molecule is C#CC(OP(=O)(OCC)OCC)c1ccccn1. The van der Waals surface area contributed by atoms with Gasteiger partial charge in [0.15, 0.2) is 6.10 Å². The number of phosphoric acid groups is 1. The van der Waals surface area contributed by atoms with Gasteiger partial charge in [0.05, 0.1) is 18.9 Å². The van der Waals surface area contributed by atoms with Gasteiger partial charge in [-0.15, -0.1) is 6.42 Å². The monoisotopic (exact) mass is 269 g/mol. The van der Waals surface area contributed by atoms with E-state index in [0.717, 1.165) is 0 Å². The lowest BCUT2D eigenvalue weighted by molar-refractivity contribution is 0.102. The zero-order valence-corrected chi connectivity index (χ0v) is 11.3. The van der Waals surface area contributed by atoms with Crippen LogP contribution in [-0.4, -0.2) is 18.2 Å². The van der Waals surface area contributed by atoms with Gasteiger partial charge >= 0.3 is 7.82 Å². The molecule has 1 aromatic rings. The quantitative estimate of drug-likeness (QED) is 0.562. The van der Waals surface area contributed by atoms with Crippen molar-refractivity contribution in [3.05, 3.63) is 30.1 Å². The van der Waals surface area contributed by atoms with Crippen molar-refractivity contribution in [3.8, 4) is 12.3 Å². The van der Waals surface area contributed by atoms with Crippen LogP contribution in [0.15, 0.2) is 24.4 Å². The largest absolute Gasteiger partial charge is 0.476 e. The van der Waals surface area contributed by atoms with Crippen molar-refractivity contribution in [3.63, 3.8) is 0 Å². The molecular formula is C12H16NO4P. The Hall–Kier alpha value is -1.18. The molecule has 0 amide bonds. The number of aromatic nitrogens is 1. The van der Waals surface area contributed by atoms with Crippen LogP contribution in [0.2, 0.25) is 0 Å². The van der Waals surface area contributed by atoms with E-state index in [1.54, 1.807) is 38.2 Å². The third-order valence-electron chi connectivity index (χ3n) is 1.92. The van der Waals surface area contributed by atoms with Crippen LogP contribution in [-0.2, 0) is 18.1 Å². The van der Waals surface area contributed by atoms with Gasteiger partial charge in [-0.3, -0.25) is 18.6 Å². The summed E-state index contributed by atoms with van der Waals surface area (Å²) < 4.78 is 27.5. The Morgan fingerprint density at radius 1 is 1.39 bits per heavy atom. The van der Waals surface area contributed by atoms with Gasteiger partial charge < -0.3 is 0 Å². The van der Waals surface area contributed by atoms with Crippen molar-refractivity contribution in [2.24, 2.45) is 0 Å². The Balaban J connectivity index is 2.85. The van der Waals surface area contributed by atoms with Crippen LogP contribution in [0.3, 0.4) is 0 Å². The van der Waals surface area contributed by atoms with Crippen molar-refractivity contribution < 1.29 is 18.1 Å². The molecule has 5 nitrogen and oxygen atoms in total. The second-order valence-corrected chi connectivity index (χ2v) is 4.81. The van der Waals surface area contributed by atoms with Gasteiger partial charge in [-0.1, -0.05) is 12.0 Å². The van der Waals surface area contributed by atoms with E-state index in [1.807, 2.05) is 0 Å². The first-order valence-corrected chi connectivity index (χ1v) is 7.05. The first-order valence-electron chi connectivity index (χ1n) is 5.59. The fraction of sp³-hybridized carbons (Fsp3) is 0.417. The molecule has 0 spiro atoms. The third-order valence-corrected chi connectivity index (χ3v) is 3.53. The maximum Gasteiger partial charge on any atom is 0.476 e. The van der Waals surface area contributed by atoms with Crippen molar-refractivity contribution in [2.75, 3.05) is 13.2 Å². The highest BCUT2D eigenvalue weighted by Gasteiger charge is 2.30. The highest BCUT2D eigenvalue weighted by Crippen LogP contribution is 2.52. The molecule has 0 bridgehead atoms. The fourth-order valence-electron chi connectivity index (χ4n) is 1.24. The summed E-state index contributed by atoms with van der Waals surface area (Å²) in [5, 5.41) is 0. The molecule has 1 atom stereocenters. The maximum atomic E-state index is 12.2. The van der Waals surface area contributed by atoms with E-state index < -0.39 is 13.9 Å². The summed E-state index contributed by atoms with van der Waals surface area (Å²) in [5.41, 5.74) is 0.486. The maximum absolute atomic E-state index is 12.2. The predicted molar refractivity (Wildman–Crippen MR) is 67.8 cm³/mol. The summed E-state index contributed by atoms with van der Waals surface area (Å²) >= 11 is 0. The number of hydrogen-bond acceptors (Lipinski definition) is 5. The van der Waals surface area contributed by atoms with Crippen LogP contribution >= 0.6 is 7.82 Å². The van der Waals surface area contributed by atoms with Crippen LogP contribution in [0.5, 0.6) is 0 Å². The predicted octanol–water partition coefficient (Wildman–Crippen LogP) is 2.95. The number of terminal acetylenes is 1. The molecule has 0 fully saturated rings. The third kappa shape index (κ3) is 4.25. The minimum atomic E-state index is -3.64. The zero-order valence-electron chi connectivity index (χ0n) is 10.4. The van der Waals surface area contributed by atoms with Gasteiger partial charge in [-0.25, -0.2) is 4.57 Å². The minimum Gasteiger partial charge on any atom is -0.287 e. The molecule has 0 aliphatic rings. The average molecular weight is 269 g/mol. The molecule has 0 aliphatic carbocycles. The van der Waals surface area contributed by atoms with Crippen molar-refractivity contribution in [2.45, 2.75) is 20.0 Å². The van der Waals surface area contributed by atoms with E-state index in [1.165, 1.54) is 0 Å². The number of hydrogen-bond donors (Lipinski definition) is 0. The van der Waals surface area contributed by atoms with Crippen LogP contribution in [0.1, 0.15) is 25.6 Å². The molecular weight excluding hydrogens is 253 g/mol. The van der Waals surface area contributed by atoms with E-state index in [-0.39, 0.29) is 13.2 Å². The lowest BCUT2D eigenvalue weighted by Gasteiger charge is -2.19. The standard InChI is InChI=1S/C12H16NO4P/c1-4-12(11-9-7-8-10-13-11)17-18(14,15-5-2)16-6-3/h1,7-10,12H,5-6H2,2-3H3. The minimum absolute atomic E-state index is 0.205. The first-order chi connectivity index (χ1) is 8.65. The van der Waals surface area contributed by atoms with Crippen LogP contribution < -0.4 is 0 Å². The van der Waals surface area contributed by atoms with E-state index in [4.69, 9.17) is 20.0 Å². The number of nitrogens with zero attached hydrogens (tertiary/aromatic N) is 1. The Morgan fingerprint density at radius 3 is 2.50 bits per heavy atom. The van der Waals surface area contributed by atoms with E-state index in [2.05, 4.69) is 10.9 Å². The molecule has 0 saturated carbocycles. The smallest absolute Gasteiger partial charge is 0.287 e. The molecule has 0 saturated heterocycles. The van der Waals surface area contributed by atoms with Gasteiger partial charge in [0.2, 0.25) is 0 Å². The number of pyridine rings is 1. The van der Waals surface area contributed by atoms with Crippen LogP contribution in [0.25, 0.3) is 0 Å². The molecule has 0 aliphatic heterocycles. The number of phosphoric ester groups is 1. The van der Waals surface area contributed by atoms with Gasteiger partial charge in [0, 0.05) is 6.20 Å². The van der Waals surface area contributed by atoms with E-state index in [9.17, 15) is 4.57 Å². The molecule has 1 rings (SSSR count). The summed E-state index contributed by atoms with van der Waals surface area (Å²) in [6, 6.07) is 5.21. The average Bonchev–Trinajstić information content (AvgIpc) is 2.38. The van der Waals surface area contributed by atoms with Crippen molar-refractivity contribution in [1.29, 1.82) is 0 Å². The molecule has 98 valence electrons. The molecule has 6 heteroatoms. The lowest BCUT2D eigenvalue weighted by Crippen LogP contribution is -2.06. The van der Waals surface area contributed by atoms with Crippen LogP contribution in [0.4, 0.5) is 0 Å². The van der Waals surface area contributed by atoms with Crippen molar-refractivity contribution >= 4 is 7.82 Å². The second-order valence-electron chi connectivity index (χ2n) is 3.19. The van der Waals surface area contributed by atoms with Crippen molar-refractivity contribution in [1.82, 2.24) is 4.98 Å². The normalized spacial score (nSPS) is 12.9. The lowest BCUT2D eigenvalue weighted by atomic mass is 10.2. The van der Waals surface area contributed by atoms with Crippen LogP contribution in [0, 0.1) is 12.3 Å². The summed E-state index contributed by atoms with van der Waals surface area (Å²) in [6.45, 7) is 3.80. The molecule has 0 aromatic carbocycles. The van der Waals surface area contributed by atoms with E-state index >= 15 is 0 Å². The molecule has 0 radical (unpaired) electrons. The molecule has 1 aromatic heterocycles.